The highest BCUT2D eigenvalue weighted by Gasteiger charge is 2.16. The van der Waals surface area contributed by atoms with Crippen LogP contribution in [0.1, 0.15) is 10.4 Å². The lowest BCUT2D eigenvalue weighted by atomic mass is 10.1. The Kier molecular flexibility index (Phi) is 5.32. The Balaban J connectivity index is 1.48. The molecular formula is C23H14IN3OS2. The molecule has 146 valence electrons. The number of aromatic nitrogens is 2. The molecule has 1 N–H and O–H groups in total. The number of hydrogen-bond donors (Lipinski definition) is 1. The van der Waals surface area contributed by atoms with E-state index in [0.29, 0.717) is 10.7 Å². The van der Waals surface area contributed by atoms with E-state index in [-0.39, 0.29) is 5.91 Å². The summed E-state index contributed by atoms with van der Waals surface area (Å²) in [5, 5.41) is 8.33. The Morgan fingerprint density at radius 3 is 2.53 bits per heavy atom. The van der Waals surface area contributed by atoms with E-state index in [1.807, 2.05) is 77.5 Å². The minimum Gasteiger partial charge on any atom is -0.298 e. The first-order valence-electron chi connectivity index (χ1n) is 9.14. The van der Waals surface area contributed by atoms with Crippen LogP contribution < -0.4 is 5.32 Å². The van der Waals surface area contributed by atoms with Crippen molar-refractivity contribution in [3.05, 3.63) is 86.6 Å². The van der Waals surface area contributed by atoms with Crippen LogP contribution in [0.4, 0.5) is 5.13 Å². The van der Waals surface area contributed by atoms with Crippen LogP contribution >= 0.6 is 45.3 Å². The number of carbonyl (C=O) groups is 1. The van der Waals surface area contributed by atoms with E-state index in [9.17, 15) is 4.79 Å². The maximum atomic E-state index is 13.2. The molecule has 4 nitrogen and oxygen atoms in total. The van der Waals surface area contributed by atoms with Crippen LogP contribution in [0.2, 0.25) is 0 Å². The molecule has 3 heterocycles. The Labute approximate surface area is 194 Å². The maximum absolute atomic E-state index is 13.2. The Morgan fingerprint density at radius 2 is 1.73 bits per heavy atom. The van der Waals surface area contributed by atoms with Crippen molar-refractivity contribution >= 4 is 67.2 Å². The number of halogens is 1. The third-order valence-electron chi connectivity index (χ3n) is 4.60. The van der Waals surface area contributed by atoms with E-state index in [4.69, 9.17) is 4.98 Å². The van der Waals surface area contributed by atoms with Crippen molar-refractivity contribution in [1.29, 1.82) is 0 Å². The van der Waals surface area contributed by atoms with E-state index in [1.165, 1.54) is 14.9 Å². The Hall–Kier alpha value is -2.62. The van der Waals surface area contributed by atoms with Crippen LogP contribution in [-0.2, 0) is 0 Å². The molecule has 0 unspecified atom stereocenters. The number of fused-ring (bicyclic) bond motifs is 1. The van der Waals surface area contributed by atoms with Crippen molar-refractivity contribution in [3.8, 4) is 21.8 Å². The van der Waals surface area contributed by atoms with Gasteiger partial charge in [-0.25, -0.2) is 9.97 Å². The first kappa shape index (κ1) is 19.3. The lowest BCUT2D eigenvalue weighted by Gasteiger charge is -2.08. The van der Waals surface area contributed by atoms with Gasteiger partial charge >= 0.3 is 0 Å². The molecule has 5 aromatic rings. The number of anilines is 1. The van der Waals surface area contributed by atoms with Gasteiger partial charge in [0.2, 0.25) is 0 Å². The van der Waals surface area contributed by atoms with E-state index < -0.39 is 0 Å². The molecule has 30 heavy (non-hydrogen) atoms. The van der Waals surface area contributed by atoms with Crippen molar-refractivity contribution in [3.63, 3.8) is 0 Å². The highest BCUT2D eigenvalue weighted by molar-refractivity contribution is 14.1. The average Bonchev–Trinajstić information content (AvgIpc) is 3.46. The summed E-state index contributed by atoms with van der Waals surface area (Å²) < 4.78 is 1.17. The van der Waals surface area contributed by atoms with Gasteiger partial charge in [-0.15, -0.1) is 22.7 Å². The predicted octanol–water partition coefficient (Wildman–Crippen LogP) is 6.94. The second kappa shape index (κ2) is 8.25. The molecule has 0 radical (unpaired) electrons. The number of nitrogens with one attached hydrogen (secondary N) is 1. The quantitative estimate of drug-likeness (QED) is 0.252. The Morgan fingerprint density at radius 1 is 0.900 bits per heavy atom. The number of thiazole rings is 1. The summed E-state index contributed by atoms with van der Waals surface area (Å²) in [6.07, 6.45) is 0. The van der Waals surface area contributed by atoms with Crippen LogP contribution in [0.25, 0.3) is 32.7 Å². The number of pyridine rings is 1. The summed E-state index contributed by atoms with van der Waals surface area (Å²) in [7, 11) is 0. The van der Waals surface area contributed by atoms with Gasteiger partial charge in [0.1, 0.15) is 0 Å². The zero-order chi connectivity index (χ0) is 20.5. The molecule has 0 saturated carbocycles. The number of thiophene rings is 1. The van der Waals surface area contributed by atoms with Crippen LogP contribution in [0.15, 0.2) is 77.5 Å². The number of benzene rings is 2. The molecule has 2 aromatic carbocycles. The predicted molar refractivity (Wildman–Crippen MR) is 133 cm³/mol. The third kappa shape index (κ3) is 3.88. The topological polar surface area (TPSA) is 54.9 Å². The van der Waals surface area contributed by atoms with Gasteiger partial charge in [0, 0.05) is 19.9 Å². The highest BCUT2D eigenvalue weighted by Crippen LogP contribution is 2.30. The molecule has 5 rings (SSSR count). The molecule has 3 aromatic heterocycles. The van der Waals surface area contributed by atoms with Crippen molar-refractivity contribution in [2.45, 2.75) is 0 Å². The summed E-state index contributed by atoms with van der Waals surface area (Å²) in [5.41, 5.74) is 4.07. The molecule has 0 bridgehead atoms. The lowest BCUT2D eigenvalue weighted by Crippen LogP contribution is -2.13. The largest absolute Gasteiger partial charge is 0.298 e. The zero-order valence-corrected chi connectivity index (χ0v) is 19.3. The normalized spacial score (nSPS) is 11.0. The minimum atomic E-state index is -0.185. The van der Waals surface area contributed by atoms with Gasteiger partial charge in [-0.05, 0) is 58.3 Å². The zero-order valence-electron chi connectivity index (χ0n) is 15.5. The van der Waals surface area contributed by atoms with Crippen molar-refractivity contribution in [2.24, 2.45) is 0 Å². The summed E-state index contributed by atoms with van der Waals surface area (Å²) in [4.78, 5) is 23.5. The van der Waals surface area contributed by atoms with E-state index in [0.717, 1.165) is 32.7 Å². The first-order chi connectivity index (χ1) is 14.7. The molecular weight excluding hydrogens is 525 g/mol. The third-order valence-corrected chi connectivity index (χ3v) is 6.97. The summed E-state index contributed by atoms with van der Waals surface area (Å²) in [6.45, 7) is 0. The molecule has 0 aliphatic heterocycles. The standard InChI is InChI=1S/C23H14IN3OS2/c24-15-9-7-14(8-10-15)20-13-30-23(26-20)27-22(28)17-12-19(21-6-3-11-29-21)25-18-5-2-1-4-16(17)18/h1-13H,(H,26,27,28). The second-order valence-electron chi connectivity index (χ2n) is 6.55. The van der Waals surface area contributed by atoms with Gasteiger partial charge in [0.25, 0.3) is 5.91 Å². The fourth-order valence-electron chi connectivity index (χ4n) is 3.16. The SMILES string of the molecule is O=C(Nc1nc(-c2ccc(I)cc2)cs1)c1cc(-c2cccs2)nc2ccccc12. The van der Waals surface area contributed by atoms with Crippen molar-refractivity contribution in [1.82, 2.24) is 9.97 Å². The molecule has 0 spiro atoms. The molecule has 7 heteroatoms. The summed E-state index contributed by atoms with van der Waals surface area (Å²) in [5.74, 6) is -0.185. The van der Waals surface area contributed by atoms with Gasteiger partial charge < -0.3 is 0 Å². The van der Waals surface area contributed by atoms with Gasteiger partial charge in [-0.2, -0.15) is 0 Å². The van der Waals surface area contributed by atoms with Gasteiger partial charge in [-0.1, -0.05) is 36.4 Å². The molecule has 0 aliphatic rings. The van der Waals surface area contributed by atoms with Crippen LogP contribution in [0, 0.1) is 3.57 Å². The first-order valence-corrected chi connectivity index (χ1v) is 12.0. The second-order valence-corrected chi connectivity index (χ2v) is 9.60. The maximum Gasteiger partial charge on any atom is 0.258 e. The van der Waals surface area contributed by atoms with E-state index >= 15 is 0 Å². The van der Waals surface area contributed by atoms with E-state index in [1.54, 1.807) is 11.3 Å². The highest BCUT2D eigenvalue weighted by atomic mass is 127. The molecule has 1 amide bonds. The number of rotatable bonds is 4. The van der Waals surface area contributed by atoms with E-state index in [2.05, 4.69) is 32.9 Å². The fraction of sp³-hybridized carbons (Fsp3) is 0. The minimum absolute atomic E-state index is 0.185. The molecule has 0 saturated heterocycles. The van der Waals surface area contributed by atoms with Crippen molar-refractivity contribution in [2.75, 3.05) is 5.32 Å². The fourth-order valence-corrected chi connectivity index (χ4v) is 4.92. The number of hydrogen-bond acceptors (Lipinski definition) is 5. The van der Waals surface area contributed by atoms with Gasteiger partial charge in [-0.3, -0.25) is 10.1 Å². The Bertz CT molecular complexity index is 1340. The smallest absolute Gasteiger partial charge is 0.258 e. The molecule has 0 fully saturated rings. The number of amides is 1. The van der Waals surface area contributed by atoms with Crippen LogP contribution in [0.5, 0.6) is 0 Å². The number of para-hydroxylation sites is 1. The summed E-state index contributed by atoms with van der Waals surface area (Å²) >= 11 is 5.30. The van der Waals surface area contributed by atoms with Crippen LogP contribution in [0.3, 0.4) is 0 Å². The summed E-state index contributed by atoms with van der Waals surface area (Å²) in [6, 6.07) is 21.7. The molecule has 0 aliphatic carbocycles. The average molecular weight is 539 g/mol. The molecule has 0 atom stereocenters. The number of nitrogens with zero attached hydrogens (tertiary/aromatic N) is 2. The van der Waals surface area contributed by atoms with Gasteiger partial charge in [0.05, 0.1) is 27.3 Å². The van der Waals surface area contributed by atoms with Gasteiger partial charge in [0.15, 0.2) is 5.13 Å². The monoisotopic (exact) mass is 539 g/mol. The lowest BCUT2D eigenvalue weighted by molar-refractivity contribution is 0.102. The number of carbonyl (C=O) groups excluding carboxylic acids is 1. The van der Waals surface area contributed by atoms with Crippen molar-refractivity contribution < 1.29 is 4.79 Å². The van der Waals surface area contributed by atoms with Crippen LogP contribution in [-0.4, -0.2) is 15.9 Å².